The van der Waals surface area contributed by atoms with Gasteiger partial charge in [-0.15, -0.1) is 0 Å². The van der Waals surface area contributed by atoms with Crippen LogP contribution >= 0.6 is 0 Å². The Kier molecular flexibility index (Phi) is 2.40. The van der Waals surface area contributed by atoms with Gasteiger partial charge in [-0.1, -0.05) is 11.6 Å². The quantitative estimate of drug-likeness (QED) is 0.734. The molecule has 2 atom stereocenters. The van der Waals surface area contributed by atoms with Crippen molar-refractivity contribution in [3.8, 4) is 0 Å². The Morgan fingerprint density at radius 1 is 1.44 bits per heavy atom. The minimum atomic E-state index is -0.497. The number of nitrogens with two attached hydrogens (primary N) is 1. The number of carbonyl (C=O) groups is 1. The van der Waals surface area contributed by atoms with Crippen LogP contribution in [0.25, 0.3) is 0 Å². The Hall–Kier alpha value is -1.84. The van der Waals surface area contributed by atoms with Crippen LogP contribution in [0.4, 0.5) is 0 Å². The number of primary amides is 1. The molecule has 4 nitrogen and oxygen atoms in total. The van der Waals surface area contributed by atoms with Crippen molar-refractivity contribution in [1.82, 2.24) is 4.98 Å². The Balaban J connectivity index is 2.20. The van der Waals surface area contributed by atoms with Gasteiger partial charge in [-0.2, -0.15) is 0 Å². The van der Waals surface area contributed by atoms with E-state index in [0.29, 0.717) is 17.4 Å². The summed E-state index contributed by atoms with van der Waals surface area (Å²) < 4.78 is 0. The Bertz CT molecular complexity index is 613. The summed E-state index contributed by atoms with van der Waals surface area (Å²) >= 11 is 0. The number of allylic oxidation sites excluding steroid dienone is 2. The predicted octanol–water partition coefficient (Wildman–Crippen LogP) is 1.47. The summed E-state index contributed by atoms with van der Waals surface area (Å²) in [5.41, 5.74) is 8.83. The highest BCUT2D eigenvalue weighted by molar-refractivity contribution is 5.94. The number of H-pyrrole nitrogens is 1. The number of aromatic nitrogens is 1. The molecule has 3 N–H and O–H groups in total. The number of amides is 1. The van der Waals surface area contributed by atoms with Gasteiger partial charge in [-0.3, -0.25) is 9.59 Å². The lowest BCUT2D eigenvalue weighted by atomic mass is 9.70. The number of carbonyl (C=O) groups excluding carboxylic acids is 1. The molecule has 0 saturated heterocycles. The molecule has 0 radical (unpaired) electrons. The molecule has 94 valence electrons. The van der Waals surface area contributed by atoms with Crippen molar-refractivity contribution in [2.75, 3.05) is 0 Å². The topological polar surface area (TPSA) is 75.9 Å². The Morgan fingerprint density at radius 2 is 2.22 bits per heavy atom. The molecule has 4 heteroatoms. The van der Waals surface area contributed by atoms with Gasteiger partial charge in [0.2, 0.25) is 11.5 Å². The molecule has 18 heavy (non-hydrogen) atoms. The maximum Gasteiger partial charge on any atom is 0.249 e. The lowest BCUT2D eigenvalue weighted by Gasteiger charge is -2.35. The summed E-state index contributed by atoms with van der Waals surface area (Å²) in [6.45, 7) is 2.12. The van der Waals surface area contributed by atoms with Crippen LogP contribution in [0.5, 0.6) is 0 Å². The van der Waals surface area contributed by atoms with Crippen LogP contribution in [0.3, 0.4) is 0 Å². The lowest BCUT2D eigenvalue weighted by Crippen LogP contribution is -2.30. The summed E-state index contributed by atoms with van der Waals surface area (Å²) in [7, 11) is 0. The summed E-state index contributed by atoms with van der Waals surface area (Å²) in [5.74, 6) is 0.307. The van der Waals surface area contributed by atoms with E-state index in [-0.39, 0.29) is 5.56 Å². The zero-order chi connectivity index (χ0) is 12.9. The molecule has 1 amide bonds. The molecule has 2 aliphatic carbocycles. The van der Waals surface area contributed by atoms with E-state index < -0.39 is 5.91 Å². The zero-order valence-corrected chi connectivity index (χ0v) is 10.3. The smallest absolute Gasteiger partial charge is 0.249 e. The first-order valence-corrected chi connectivity index (χ1v) is 6.28. The second kappa shape index (κ2) is 3.83. The van der Waals surface area contributed by atoms with Crippen LogP contribution in [-0.2, 0) is 6.42 Å². The van der Waals surface area contributed by atoms with Crippen LogP contribution in [0.2, 0.25) is 0 Å². The maximum absolute atomic E-state index is 11.6. The van der Waals surface area contributed by atoms with E-state index >= 15 is 0 Å². The van der Waals surface area contributed by atoms with E-state index in [1.54, 1.807) is 0 Å². The zero-order valence-electron chi connectivity index (χ0n) is 10.3. The molecule has 1 aromatic heterocycles. The molecule has 0 saturated carbocycles. The van der Waals surface area contributed by atoms with Crippen LogP contribution in [0.15, 0.2) is 22.5 Å². The van der Waals surface area contributed by atoms with Crippen molar-refractivity contribution in [2.45, 2.75) is 32.1 Å². The van der Waals surface area contributed by atoms with Gasteiger partial charge >= 0.3 is 0 Å². The van der Waals surface area contributed by atoms with Gasteiger partial charge in [0, 0.05) is 17.3 Å². The molecule has 0 aliphatic heterocycles. The van der Waals surface area contributed by atoms with Crippen molar-refractivity contribution in [2.24, 2.45) is 11.7 Å². The standard InChI is InChI=1S/C14H16N2O2/c1-7-2-8-4-9(3-7)13-10(14(15)18)6-12(17)16-11(13)5-8/h2,6,8-9H,3-5H2,1H3,(H2,15,18)(H,16,17)/t8-,9+/m0/s1. The highest BCUT2D eigenvalue weighted by Crippen LogP contribution is 2.43. The van der Waals surface area contributed by atoms with Gasteiger partial charge < -0.3 is 10.7 Å². The number of hydrogen-bond donors (Lipinski definition) is 2. The molecule has 0 unspecified atom stereocenters. The van der Waals surface area contributed by atoms with E-state index in [9.17, 15) is 9.59 Å². The number of pyridine rings is 1. The lowest BCUT2D eigenvalue weighted by molar-refractivity contribution is 0.0998. The normalized spacial score (nSPS) is 25.3. The average Bonchev–Trinajstić information content (AvgIpc) is 2.26. The first-order valence-electron chi connectivity index (χ1n) is 6.28. The van der Waals surface area contributed by atoms with Crippen molar-refractivity contribution >= 4 is 5.91 Å². The average molecular weight is 244 g/mol. The van der Waals surface area contributed by atoms with Gasteiger partial charge in [-0.05, 0) is 43.6 Å². The molecule has 0 fully saturated rings. The van der Waals surface area contributed by atoms with Crippen molar-refractivity contribution in [3.63, 3.8) is 0 Å². The Morgan fingerprint density at radius 3 is 2.94 bits per heavy atom. The first-order chi connectivity index (χ1) is 8.54. The number of fused-ring (bicyclic) bond motifs is 4. The molecule has 0 aromatic carbocycles. The minimum absolute atomic E-state index is 0.233. The molecule has 2 bridgehead atoms. The fraction of sp³-hybridized carbons (Fsp3) is 0.429. The maximum atomic E-state index is 11.6. The highest BCUT2D eigenvalue weighted by atomic mass is 16.1. The van der Waals surface area contributed by atoms with Crippen LogP contribution in [-0.4, -0.2) is 10.9 Å². The molecular formula is C14H16N2O2. The predicted molar refractivity (Wildman–Crippen MR) is 68.5 cm³/mol. The van der Waals surface area contributed by atoms with Crippen molar-refractivity contribution in [1.29, 1.82) is 0 Å². The molecular weight excluding hydrogens is 228 g/mol. The third-order valence-electron chi connectivity index (χ3n) is 3.98. The SMILES string of the molecule is CC1=C[C@@H]2Cc3[nH]c(=O)cc(C(N)=O)c3[C@H](C1)C2. The van der Waals surface area contributed by atoms with Gasteiger partial charge in [-0.25, -0.2) is 0 Å². The summed E-state index contributed by atoms with van der Waals surface area (Å²) in [6, 6.07) is 1.34. The van der Waals surface area contributed by atoms with Gasteiger partial charge in [0.25, 0.3) is 0 Å². The van der Waals surface area contributed by atoms with Gasteiger partial charge in [0.05, 0.1) is 0 Å². The minimum Gasteiger partial charge on any atom is -0.366 e. The molecule has 3 rings (SSSR count). The number of rotatable bonds is 1. The third kappa shape index (κ3) is 1.68. The summed E-state index contributed by atoms with van der Waals surface area (Å²) in [6.07, 6.45) is 5.10. The first kappa shape index (κ1) is 11.3. The van der Waals surface area contributed by atoms with E-state index in [1.807, 2.05) is 0 Å². The fourth-order valence-electron chi connectivity index (χ4n) is 3.45. The number of nitrogens with one attached hydrogen (secondary N) is 1. The number of aromatic amines is 1. The molecule has 1 heterocycles. The van der Waals surface area contributed by atoms with E-state index in [1.165, 1.54) is 11.6 Å². The molecule has 1 aromatic rings. The Labute approximate surface area is 105 Å². The monoisotopic (exact) mass is 244 g/mol. The van der Waals surface area contributed by atoms with E-state index in [4.69, 9.17) is 5.73 Å². The molecule has 0 spiro atoms. The van der Waals surface area contributed by atoms with Crippen LogP contribution in [0, 0.1) is 5.92 Å². The van der Waals surface area contributed by atoms with Gasteiger partial charge in [0.15, 0.2) is 0 Å². The van der Waals surface area contributed by atoms with E-state index in [2.05, 4.69) is 18.0 Å². The van der Waals surface area contributed by atoms with Crippen LogP contribution in [0.1, 0.15) is 47.3 Å². The summed E-state index contributed by atoms with van der Waals surface area (Å²) in [4.78, 5) is 26.0. The van der Waals surface area contributed by atoms with Crippen molar-refractivity contribution < 1.29 is 4.79 Å². The second-order valence-corrected chi connectivity index (χ2v) is 5.42. The largest absolute Gasteiger partial charge is 0.366 e. The fourth-order valence-corrected chi connectivity index (χ4v) is 3.45. The highest BCUT2D eigenvalue weighted by Gasteiger charge is 2.33. The summed E-state index contributed by atoms with van der Waals surface area (Å²) in [5, 5.41) is 0. The van der Waals surface area contributed by atoms with Crippen LogP contribution < -0.4 is 11.3 Å². The number of hydrogen-bond acceptors (Lipinski definition) is 2. The van der Waals surface area contributed by atoms with Gasteiger partial charge in [0.1, 0.15) is 0 Å². The third-order valence-corrected chi connectivity index (χ3v) is 3.98. The van der Waals surface area contributed by atoms with Crippen molar-refractivity contribution in [3.05, 3.63) is 44.9 Å². The second-order valence-electron chi connectivity index (χ2n) is 5.42. The van der Waals surface area contributed by atoms with E-state index in [0.717, 1.165) is 30.5 Å². The molecule has 2 aliphatic rings.